The van der Waals surface area contributed by atoms with Gasteiger partial charge in [-0.15, -0.1) is 0 Å². The molecule has 6 nitrogen and oxygen atoms in total. The van der Waals surface area contributed by atoms with Crippen LogP contribution in [0.1, 0.15) is 47.8 Å². The molecule has 1 aromatic carbocycles. The first-order valence-corrected chi connectivity index (χ1v) is 12.0. The Balaban J connectivity index is 1.47. The number of carbonyl (C=O) groups is 1. The minimum Gasteiger partial charge on any atom is -0.387 e. The molecule has 0 atom stereocenters. The predicted octanol–water partition coefficient (Wildman–Crippen LogP) is 4.33. The number of aliphatic imine (C=N–C) groups is 1. The van der Waals surface area contributed by atoms with Crippen LogP contribution < -0.4 is 5.32 Å². The van der Waals surface area contributed by atoms with E-state index < -0.39 is 0 Å². The van der Waals surface area contributed by atoms with Crippen molar-refractivity contribution in [2.75, 3.05) is 38.5 Å². The summed E-state index contributed by atoms with van der Waals surface area (Å²) in [6.45, 7) is 8.34. The largest absolute Gasteiger partial charge is 0.387 e. The molecule has 2 aliphatic heterocycles. The van der Waals surface area contributed by atoms with E-state index in [0.29, 0.717) is 6.04 Å². The lowest BCUT2D eigenvalue weighted by Gasteiger charge is -2.39. The molecule has 1 N–H and O–H groups in total. The van der Waals surface area contributed by atoms with Crippen LogP contribution in [0.5, 0.6) is 0 Å². The topological polar surface area (TPSA) is 60.8 Å². The fourth-order valence-corrected chi connectivity index (χ4v) is 4.77. The van der Waals surface area contributed by atoms with Gasteiger partial charge in [-0.2, -0.15) is 0 Å². The van der Waals surface area contributed by atoms with Crippen LogP contribution in [0.2, 0.25) is 0 Å². The van der Waals surface area contributed by atoms with Gasteiger partial charge in [-0.1, -0.05) is 24.3 Å². The molecule has 174 valence electrons. The highest BCUT2D eigenvalue weighted by molar-refractivity contribution is 6.01. The molecule has 33 heavy (non-hydrogen) atoms. The van der Waals surface area contributed by atoms with Crippen molar-refractivity contribution < 1.29 is 4.79 Å². The maximum absolute atomic E-state index is 13.2. The molecule has 6 heteroatoms. The molecule has 0 spiro atoms. The number of carbonyl (C=O) groups excluding carboxylic acids is 1. The van der Waals surface area contributed by atoms with Gasteiger partial charge < -0.3 is 10.2 Å². The lowest BCUT2D eigenvalue weighted by molar-refractivity contribution is 0.0627. The summed E-state index contributed by atoms with van der Waals surface area (Å²) in [5.41, 5.74) is 6.45. The van der Waals surface area contributed by atoms with Gasteiger partial charge in [-0.25, -0.2) is 0 Å². The van der Waals surface area contributed by atoms with Crippen LogP contribution in [0.25, 0.3) is 0 Å². The summed E-state index contributed by atoms with van der Waals surface area (Å²) >= 11 is 0. The minimum absolute atomic E-state index is 0.112. The number of dihydropyridines is 1. The molecule has 1 aromatic heterocycles. The summed E-state index contributed by atoms with van der Waals surface area (Å²) < 4.78 is 0. The smallest absolute Gasteiger partial charge is 0.255 e. The van der Waals surface area contributed by atoms with Crippen LogP contribution in [0.4, 0.5) is 5.69 Å². The molecule has 3 heterocycles. The number of anilines is 1. The number of rotatable bonds is 7. The lowest BCUT2D eigenvalue weighted by atomic mass is 9.99. The average Bonchev–Trinajstić information content (AvgIpc) is 2.86. The number of benzene rings is 1. The molecule has 1 fully saturated rings. The number of aryl methyl sites for hydroxylation is 1. The Morgan fingerprint density at radius 3 is 2.64 bits per heavy atom. The van der Waals surface area contributed by atoms with Gasteiger partial charge in [-0.05, 0) is 62.4 Å². The van der Waals surface area contributed by atoms with Gasteiger partial charge in [0.05, 0.1) is 17.0 Å². The number of piperidine rings is 1. The van der Waals surface area contributed by atoms with Crippen LogP contribution in [-0.2, 0) is 6.54 Å². The molecular formula is C27H35N5O. The van der Waals surface area contributed by atoms with Crippen molar-refractivity contribution in [2.24, 2.45) is 4.99 Å². The fourth-order valence-electron chi connectivity index (χ4n) is 4.77. The predicted molar refractivity (Wildman–Crippen MR) is 135 cm³/mol. The Hall–Kier alpha value is -2.99. The summed E-state index contributed by atoms with van der Waals surface area (Å²) in [7, 11) is 1.86. The molecule has 1 amide bonds. The van der Waals surface area contributed by atoms with E-state index >= 15 is 0 Å². The van der Waals surface area contributed by atoms with E-state index in [1.807, 2.05) is 48.5 Å². The monoisotopic (exact) mass is 445 g/mol. The number of para-hydroxylation sites is 1. The second-order valence-electron chi connectivity index (χ2n) is 9.00. The summed E-state index contributed by atoms with van der Waals surface area (Å²) in [6.07, 6.45) is 7.12. The van der Waals surface area contributed by atoms with Gasteiger partial charge in [0.25, 0.3) is 5.91 Å². The molecule has 0 radical (unpaired) electrons. The zero-order valence-electron chi connectivity index (χ0n) is 20.1. The Labute approximate surface area is 197 Å². The maximum Gasteiger partial charge on any atom is 0.255 e. The SMILES string of the molecule is CNc1ccccc1C(=O)N1CCC(N(CC2=NCCC=C2C)Cc2ncccc2C)CC1. The van der Waals surface area contributed by atoms with E-state index in [1.165, 1.54) is 16.8 Å². The van der Waals surface area contributed by atoms with Gasteiger partial charge in [0.1, 0.15) is 0 Å². The van der Waals surface area contributed by atoms with Gasteiger partial charge in [0.15, 0.2) is 0 Å². The van der Waals surface area contributed by atoms with Gasteiger partial charge >= 0.3 is 0 Å². The van der Waals surface area contributed by atoms with Crippen LogP contribution in [0, 0.1) is 6.92 Å². The molecule has 0 aliphatic carbocycles. The molecule has 1 saturated heterocycles. The Morgan fingerprint density at radius 2 is 1.91 bits per heavy atom. The van der Waals surface area contributed by atoms with E-state index in [0.717, 1.165) is 68.9 Å². The van der Waals surface area contributed by atoms with Crippen molar-refractivity contribution in [3.8, 4) is 0 Å². The fraction of sp³-hybridized carbons (Fsp3) is 0.444. The van der Waals surface area contributed by atoms with Crippen LogP contribution in [0.15, 0.2) is 59.2 Å². The summed E-state index contributed by atoms with van der Waals surface area (Å²) in [5, 5.41) is 3.14. The van der Waals surface area contributed by atoms with Crippen LogP contribution in [-0.4, -0.2) is 65.7 Å². The summed E-state index contributed by atoms with van der Waals surface area (Å²) in [4.78, 5) is 27.2. The van der Waals surface area contributed by atoms with Gasteiger partial charge in [0, 0.05) is 57.7 Å². The zero-order valence-corrected chi connectivity index (χ0v) is 20.1. The third-order valence-electron chi connectivity index (χ3n) is 6.86. The second kappa shape index (κ2) is 10.8. The van der Waals surface area contributed by atoms with Crippen molar-refractivity contribution in [3.63, 3.8) is 0 Å². The van der Waals surface area contributed by atoms with E-state index in [-0.39, 0.29) is 5.91 Å². The third-order valence-corrected chi connectivity index (χ3v) is 6.86. The van der Waals surface area contributed by atoms with E-state index in [4.69, 9.17) is 4.99 Å². The molecule has 2 aliphatic rings. The summed E-state index contributed by atoms with van der Waals surface area (Å²) in [5.74, 6) is 0.112. The van der Waals surface area contributed by atoms with Crippen LogP contribution in [0.3, 0.4) is 0 Å². The highest BCUT2D eigenvalue weighted by Crippen LogP contribution is 2.24. The van der Waals surface area contributed by atoms with Crippen molar-refractivity contribution in [2.45, 2.75) is 45.7 Å². The molecule has 0 saturated carbocycles. The number of hydrogen-bond donors (Lipinski definition) is 1. The first-order valence-electron chi connectivity index (χ1n) is 12.0. The number of amides is 1. The van der Waals surface area contributed by atoms with Gasteiger partial charge in [0.2, 0.25) is 0 Å². The average molecular weight is 446 g/mol. The normalized spacial score (nSPS) is 17.0. The number of aromatic nitrogens is 1. The molecule has 2 aromatic rings. The second-order valence-corrected chi connectivity index (χ2v) is 9.00. The zero-order chi connectivity index (χ0) is 23.2. The Kier molecular flexibility index (Phi) is 7.55. The first kappa shape index (κ1) is 23.2. The quantitative estimate of drug-likeness (QED) is 0.689. The number of nitrogens with one attached hydrogen (secondary N) is 1. The first-order chi connectivity index (χ1) is 16.1. The molecule has 0 unspecified atom stereocenters. The lowest BCUT2D eigenvalue weighted by Crippen LogP contribution is -2.48. The van der Waals surface area contributed by atoms with Crippen molar-refractivity contribution >= 4 is 17.3 Å². The standard InChI is InChI=1S/C27H35N5O/c1-20-8-6-14-29-25(20)18-32(19-26-21(2)9-7-15-30-26)22-12-16-31(17-13-22)27(33)23-10-4-5-11-24(23)28-3/h4-6,8-11,14,22,28H,7,12-13,15-19H2,1-3H3. The Morgan fingerprint density at radius 1 is 1.12 bits per heavy atom. The van der Waals surface area contributed by atoms with E-state index in [2.05, 4.69) is 41.2 Å². The number of nitrogens with zero attached hydrogens (tertiary/aromatic N) is 4. The number of hydrogen-bond acceptors (Lipinski definition) is 5. The number of likely N-dealkylation sites (tertiary alicyclic amines) is 1. The maximum atomic E-state index is 13.2. The Bertz CT molecular complexity index is 1040. The number of pyridine rings is 1. The van der Waals surface area contributed by atoms with Crippen molar-refractivity contribution in [1.29, 1.82) is 0 Å². The van der Waals surface area contributed by atoms with Gasteiger partial charge in [-0.3, -0.25) is 19.7 Å². The molecule has 4 rings (SSSR count). The molecule has 0 bridgehead atoms. The third kappa shape index (κ3) is 5.50. The van der Waals surface area contributed by atoms with Crippen molar-refractivity contribution in [3.05, 3.63) is 71.1 Å². The summed E-state index contributed by atoms with van der Waals surface area (Å²) in [6, 6.07) is 12.3. The van der Waals surface area contributed by atoms with E-state index in [1.54, 1.807) is 0 Å². The minimum atomic E-state index is 0.112. The highest BCUT2D eigenvalue weighted by Gasteiger charge is 2.29. The highest BCUT2D eigenvalue weighted by atomic mass is 16.2. The van der Waals surface area contributed by atoms with Crippen LogP contribution >= 0.6 is 0 Å². The molecular weight excluding hydrogens is 410 g/mol. The van der Waals surface area contributed by atoms with E-state index in [9.17, 15) is 4.79 Å². The van der Waals surface area contributed by atoms with Crippen molar-refractivity contribution in [1.82, 2.24) is 14.8 Å².